The number of anilines is 1. The average Bonchev–Trinajstić information content (AvgIpc) is 2.45. The first-order valence-electron chi connectivity index (χ1n) is 6.02. The highest BCUT2D eigenvalue weighted by atomic mass is 19.4. The summed E-state index contributed by atoms with van der Waals surface area (Å²) < 4.78 is 45.6. The zero-order valence-electron chi connectivity index (χ0n) is 11.4. The molecule has 0 aliphatic rings. The van der Waals surface area contributed by atoms with Gasteiger partial charge in [-0.05, 0) is 24.3 Å². The number of alkyl halides is 3. The van der Waals surface area contributed by atoms with Gasteiger partial charge in [0, 0.05) is 18.7 Å². The molecule has 0 fully saturated rings. The van der Waals surface area contributed by atoms with E-state index in [1.54, 1.807) is 25.2 Å². The quantitative estimate of drug-likeness (QED) is 0.934. The van der Waals surface area contributed by atoms with E-state index in [9.17, 15) is 13.2 Å². The van der Waals surface area contributed by atoms with Gasteiger partial charge in [0.15, 0.2) is 0 Å². The highest BCUT2D eigenvalue weighted by Crippen LogP contribution is 2.34. The number of benzene rings is 1. The minimum Gasteiger partial charge on any atom is -0.496 e. The van der Waals surface area contributed by atoms with Crippen molar-refractivity contribution in [2.24, 2.45) is 0 Å². The maximum absolute atomic E-state index is 12.2. The number of nitrogens with zero attached hydrogens (tertiary/aromatic N) is 1. The first kappa shape index (κ1) is 15.0. The molecular weight excluding hydrogens is 285 g/mol. The summed E-state index contributed by atoms with van der Waals surface area (Å²) in [6, 6.07) is 9.17. The monoisotopic (exact) mass is 298 g/mol. The van der Waals surface area contributed by atoms with E-state index in [4.69, 9.17) is 4.74 Å². The Morgan fingerprint density at radius 2 is 1.90 bits per heavy atom. The van der Waals surface area contributed by atoms with Crippen LogP contribution < -0.4 is 14.8 Å². The van der Waals surface area contributed by atoms with Crippen molar-refractivity contribution in [3.05, 3.63) is 36.4 Å². The molecule has 7 heteroatoms. The summed E-state index contributed by atoms with van der Waals surface area (Å²) in [6.45, 7) is 0. The molecular formula is C14H13F3N2O2. The van der Waals surface area contributed by atoms with Crippen molar-refractivity contribution in [1.29, 1.82) is 0 Å². The van der Waals surface area contributed by atoms with Crippen LogP contribution in [0, 0.1) is 0 Å². The lowest BCUT2D eigenvalue weighted by atomic mass is 10.1. The normalized spacial score (nSPS) is 11.1. The lowest BCUT2D eigenvalue weighted by molar-refractivity contribution is -0.274. The number of hydrogen-bond donors (Lipinski definition) is 1. The number of rotatable bonds is 4. The Morgan fingerprint density at radius 3 is 2.52 bits per heavy atom. The van der Waals surface area contributed by atoms with Crippen molar-refractivity contribution in [1.82, 2.24) is 4.98 Å². The molecule has 0 amide bonds. The largest absolute Gasteiger partial charge is 0.573 e. The van der Waals surface area contributed by atoms with Gasteiger partial charge in [0.2, 0.25) is 0 Å². The van der Waals surface area contributed by atoms with Crippen LogP contribution in [-0.2, 0) is 0 Å². The van der Waals surface area contributed by atoms with Crippen LogP contribution in [0.1, 0.15) is 0 Å². The molecule has 112 valence electrons. The molecule has 0 saturated heterocycles. The molecule has 0 bridgehead atoms. The van der Waals surface area contributed by atoms with Crippen molar-refractivity contribution < 1.29 is 22.6 Å². The lowest BCUT2D eigenvalue weighted by Crippen LogP contribution is -2.17. The fraction of sp³-hybridized carbons (Fsp3) is 0.214. The van der Waals surface area contributed by atoms with Gasteiger partial charge in [0.1, 0.15) is 17.3 Å². The van der Waals surface area contributed by atoms with E-state index in [1.165, 1.54) is 25.3 Å². The molecule has 1 aromatic carbocycles. The summed E-state index contributed by atoms with van der Waals surface area (Å²) in [4.78, 5) is 4.32. The molecule has 0 radical (unpaired) electrons. The molecule has 1 N–H and O–H groups in total. The summed E-state index contributed by atoms with van der Waals surface area (Å²) in [5, 5.41) is 2.89. The Kier molecular flexibility index (Phi) is 4.21. The number of pyridine rings is 1. The molecule has 0 aliphatic heterocycles. The Hall–Kier alpha value is -2.44. The maximum atomic E-state index is 12.2. The molecule has 2 rings (SSSR count). The Bertz CT molecular complexity index is 630. The summed E-state index contributed by atoms with van der Waals surface area (Å²) in [5.41, 5.74) is 1.15. The summed E-state index contributed by atoms with van der Waals surface area (Å²) in [7, 11) is 3.10. The number of ether oxygens (including phenoxy) is 2. The van der Waals surface area contributed by atoms with Crippen LogP contribution in [0.2, 0.25) is 0 Å². The number of hydrogen-bond acceptors (Lipinski definition) is 4. The van der Waals surface area contributed by atoms with Crippen molar-refractivity contribution in [3.8, 4) is 22.8 Å². The number of aromatic nitrogens is 1. The second-order valence-corrected chi connectivity index (χ2v) is 4.07. The summed E-state index contributed by atoms with van der Waals surface area (Å²) in [5.74, 6) is 0.551. The van der Waals surface area contributed by atoms with Crippen LogP contribution in [0.3, 0.4) is 0 Å². The lowest BCUT2D eigenvalue weighted by Gasteiger charge is -2.13. The maximum Gasteiger partial charge on any atom is 0.573 e. The van der Waals surface area contributed by atoms with E-state index >= 15 is 0 Å². The van der Waals surface area contributed by atoms with Crippen LogP contribution in [0.25, 0.3) is 11.3 Å². The van der Waals surface area contributed by atoms with E-state index in [0.717, 1.165) is 0 Å². The average molecular weight is 298 g/mol. The molecule has 0 aliphatic carbocycles. The molecule has 1 heterocycles. The van der Waals surface area contributed by atoms with Crippen molar-refractivity contribution >= 4 is 5.82 Å². The third kappa shape index (κ3) is 3.77. The van der Waals surface area contributed by atoms with Gasteiger partial charge in [-0.3, -0.25) is 0 Å². The van der Waals surface area contributed by atoms with Crippen LogP contribution in [0.4, 0.5) is 19.0 Å². The van der Waals surface area contributed by atoms with Crippen molar-refractivity contribution in [3.63, 3.8) is 0 Å². The predicted molar refractivity (Wildman–Crippen MR) is 72.5 cm³/mol. The van der Waals surface area contributed by atoms with E-state index in [1.807, 2.05) is 0 Å². The Labute approximate surface area is 119 Å². The van der Waals surface area contributed by atoms with Gasteiger partial charge in [-0.15, -0.1) is 13.2 Å². The van der Waals surface area contributed by atoms with Crippen LogP contribution in [0.5, 0.6) is 11.5 Å². The van der Waals surface area contributed by atoms with Gasteiger partial charge < -0.3 is 14.8 Å². The Balaban J connectivity index is 2.40. The Morgan fingerprint density at radius 1 is 1.14 bits per heavy atom. The van der Waals surface area contributed by atoms with Crippen LogP contribution in [0.15, 0.2) is 36.4 Å². The molecule has 0 spiro atoms. The van der Waals surface area contributed by atoms with Gasteiger partial charge in [-0.25, -0.2) is 4.98 Å². The first-order valence-corrected chi connectivity index (χ1v) is 6.02. The van der Waals surface area contributed by atoms with E-state index in [-0.39, 0.29) is 11.5 Å². The molecule has 1 aromatic heterocycles. The third-order valence-corrected chi connectivity index (χ3v) is 2.69. The van der Waals surface area contributed by atoms with Gasteiger partial charge in [-0.1, -0.05) is 6.07 Å². The van der Waals surface area contributed by atoms with Crippen LogP contribution in [-0.4, -0.2) is 25.5 Å². The van der Waals surface area contributed by atoms with Gasteiger partial charge in [0.05, 0.1) is 12.8 Å². The fourth-order valence-corrected chi connectivity index (χ4v) is 1.80. The number of halogens is 3. The topological polar surface area (TPSA) is 43.4 Å². The van der Waals surface area contributed by atoms with Crippen LogP contribution >= 0.6 is 0 Å². The van der Waals surface area contributed by atoms with E-state index in [0.29, 0.717) is 17.1 Å². The van der Waals surface area contributed by atoms with Gasteiger partial charge >= 0.3 is 6.36 Å². The second kappa shape index (κ2) is 5.90. The molecule has 0 saturated carbocycles. The van der Waals surface area contributed by atoms with Crippen molar-refractivity contribution in [2.75, 3.05) is 19.5 Å². The third-order valence-electron chi connectivity index (χ3n) is 2.69. The zero-order valence-corrected chi connectivity index (χ0v) is 11.4. The minimum atomic E-state index is -4.74. The summed E-state index contributed by atoms with van der Waals surface area (Å²) >= 11 is 0. The van der Waals surface area contributed by atoms with Crippen molar-refractivity contribution in [2.45, 2.75) is 6.36 Å². The smallest absolute Gasteiger partial charge is 0.496 e. The minimum absolute atomic E-state index is 0.248. The first-order chi connectivity index (χ1) is 9.93. The second-order valence-electron chi connectivity index (χ2n) is 4.07. The molecule has 4 nitrogen and oxygen atoms in total. The van der Waals surface area contributed by atoms with Gasteiger partial charge in [-0.2, -0.15) is 0 Å². The molecule has 21 heavy (non-hydrogen) atoms. The molecule has 2 aromatic rings. The highest BCUT2D eigenvalue weighted by Gasteiger charge is 2.31. The van der Waals surface area contributed by atoms with Gasteiger partial charge in [0.25, 0.3) is 0 Å². The highest BCUT2D eigenvalue weighted by molar-refractivity contribution is 5.69. The number of nitrogens with one attached hydrogen (secondary N) is 1. The van der Waals surface area contributed by atoms with E-state index in [2.05, 4.69) is 15.0 Å². The zero-order chi connectivity index (χ0) is 15.5. The molecule has 0 unspecified atom stereocenters. The molecule has 0 atom stereocenters. The summed E-state index contributed by atoms with van der Waals surface area (Å²) in [6.07, 6.45) is -4.74. The fourth-order valence-electron chi connectivity index (χ4n) is 1.80. The van der Waals surface area contributed by atoms with E-state index < -0.39 is 6.36 Å². The number of methoxy groups -OCH3 is 1. The SMILES string of the molecule is CNc1cccc(-c2ccc(OC(F)(F)F)cc2OC)n1. The predicted octanol–water partition coefficient (Wildman–Crippen LogP) is 3.70. The standard InChI is InChI=1S/C14H13F3N2O2/c1-18-13-5-3-4-11(19-13)10-7-6-9(8-12(10)20-2)21-14(15,16)17/h3-8H,1-2H3,(H,18,19).